The first-order valence-electron chi connectivity index (χ1n) is 7.03. The van der Waals surface area contributed by atoms with Crippen LogP contribution in [0.3, 0.4) is 0 Å². The lowest BCUT2D eigenvalue weighted by Gasteiger charge is -2.25. The van der Waals surface area contributed by atoms with Gasteiger partial charge in [-0.1, -0.05) is 19.9 Å². The van der Waals surface area contributed by atoms with E-state index in [2.05, 4.69) is 48.8 Å². The standard InChI is InChI=1S/C15H28N4/c1-13(2)11-19(9-8-18(3)4)12-15-7-5-6-14(10-16)17-15/h5-7,13H,8-12,16H2,1-4H3. The van der Waals surface area contributed by atoms with Crippen LogP contribution in [0.15, 0.2) is 18.2 Å². The van der Waals surface area contributed by atoms with Gasteiger partial charge in [0.25, 0.3) is 0 Å². The molecule has 4 nitrogen and oxygen atoms in total. The lowest BCUT2D eigenvalue weighted by Crippen LogP contribution is -2.34. The van der Waals surface area contributed by atoms with Crippen molar-refractivity contribution >= 4 is 0 Å². The van der Waals surface area contributed by atoms with Crippen LogP contribution in [0.1, 0.15) is 25.2 Å². The second kappa shape index (κ2) is 8.25. The Bertz CT molecular complexity index is 363. The highest BCUT2D eigenvalue weighted by Crippen LogP contribution is 2.06. The maximum Gasteiger partial charge on any atom is 0.0547 e. The van der Waals surface area contributed by atoms with Crippen LogP contribution in [0, 0.1) is 5.92 Å². The summed E-state index contributed by atoms with van der Waals surface area (Å²) in [5.41, 5.74) is 7.73. The minimum atomic E-state index is 0.510. The predicted molar refractivity (Wildman–Crippen MR) is 80.8 cm³/mol. The van der Waals surface area contributed by atoms with Crippen LogP contribution in [0.4, 0.5) is 0 Å². The molecule has 0 atom stereocenters. The molecular weight excluding hydrogens is 236 g/mol. The highest BCUT2D eigenvalue weighted by Gasteiger charge is 2.09. The van der Waals surface area contributed by atoms with E-state index in [1.807, 2.05) is 12.1 Å². The molecule has 0 aliphatic heterocycles. The van der Waals surface area contributed by atoms with Gasteiger partial charge in [-0.15, -0.1) is 0 Å². The number of rotatable bonds is 8. The van der Waals surface area contributed by atoms with E-state index in [9.17, 15) is 0 Å². The van der Waals surface area contributed by atoms with Crippen LogP contribution in [-0.4, -0.2) is 48.5 Å². The van der Waals surface area contributed by atoms with Gasteiger partial charge >= 0.3 is 0 Å². The smallest absolute Gasteiger partial charge is 0.0547 e. The summed E-state index contributed by atoms with van der Waals surface area (Å²) in [6.45, 7) is 9.17. The van der Waals surface area contributed by atoms with E-state index in [4.69, 9.17) is 5.73 Å². The zero-order valence-electron chi connectivity index (χ0n) is 12.8. The maximum absolute atomic E-state index is 5.65. The fraction of sp³-hybridized carbons (Fsp3) is 0.667. The third-order valence-electron chi connectivity index (χ3n) is 2.95. The topological polar surface area (TPSA) is 45.4 Å². The molecule has 1 aromatic rings. The van der Waals surface area contributed by atoms with Gasteiger partial charge in [-0.05, 0) is 32.1 Å². The average molecular weight is 264 g/mol. The Labute approximate surface area is 117 Å². The van der Waals surface area contributed by atoms with Gasteiger partial charge in [0.05, 0.1) is 11.4 Å². The monoisotopic (exact) mass is 264 g/mol. The summed E-state index contributed by atoms with van der Waals surface area (Å²) >= 11 is 0. The van der Waals surface area contributed by atoms with Crippen molar-refractivity contribution < 1.29 is 0 Å². The number of nitrogens with two attached hydrogens (primary N) is 1. The van der Waals surface area contributed by atoms with Gasteiger partial charge in [-0.25, -0.2) is 0 Å². The van der Waals surface area contributed by atoms with Gasteiger partial charge in [-0.3, -0.25) is 9.88 Å². The third kappa shape index (κ3) is 6.66. The Morgan fingerprint density at radius 3 is 2.42 bits per heavy atom. The van der Waals surface area contributed by atoms with Crippen LogP contribution in [0.5, 0.6) is 0 Å². The molecule has 0 bridgehead atoms. The largest absolute Gasteiger partial charge is 0.325 e. The highest BCUT2D eigenvalue weighted by atomic mass is 15.2. The number of hydrogen-bond acceptors (Lipinski definition) is 4. The Hall–Kier alpha value is -0.970. The number of nitrogens with zero attached hydrogens (tertiary/aromatic N) is 3. The summed E-state index contributed by atoms with van der Waals surface area (Å²) in [5.74, 6) is 0.667. The van der Waals surface area contributed by atoms with Crippen molar-refractivity contribution in [1.29, 1.82) is 0 Å². The lowest BCUT2D eigenvalue weighted by molar-refractivity contribution is 0.209. The molecule has 0 spiro atoms. The van der Waals surface area contributed by atoms with Crippen molar-refractivity contribution in [3.8, 4) is 0 Å². The molecule has 2 N–H and O–H groups in total. The molecule has 0 radical (unpaired) electrons. The van der Waals surface area contributed by atoms with E-state index in [-0.39, 0.29) is 0 Å². The summed E-state index contributed by atoms with van der Waals surface area (Å²) < 4.78 is 0. The van der Waals surface area contributed by atoms with Crippen molar-refractivity contribution in [1.82, 2.24) is 14.8 Å². The first-order valence-corrected chi connectivity index (χ1v) is 7.03. The molecule has 0 saturated carbocycles. The molecule has 0 fully saturated rings. The van der Waals surface area contributed by atoms with E-state index in [0.29, 0.717) is 12.5 Å². The Morgan fingerprint density at radius 2 is 1.84 bits per heavy atom. The van der Waals surface area contributed by atoms with Crippen molar-refractivity contribution in [2.24, 2.45) is 11.7 Å². The quantitative estimate of drug-likeness (QED) is 0.774. The molecule has 0 saturated heterocycles. The summed E-state index contributed by atoms with van der Waals surface area (Å²) in [4.78, 5) is 9.27. The van der Waals surface area contributed by atoms with Gasteiger partial charge in [-0.2, -0.15) is 0 Å². The molecule has 4 heteroatoms. The number of pyridine rings is 1. The minimum Gasteiger partial charge on any atom is -0.325 e. The molecule has 1 heterocycles. The van der Waals surface area contributed by atoms with E-state index >= 15 is 0 Å². The second-order valence-corrected chi connectivity index (χ2v) is 5.76. The summed E-state index contributed by atoms with van der Waals surface area (Å²) in [6, 6.07) is 6.11. The number of hydrogen-bond donors (Lipinski definition) is 1. The van der Waals surface area contributed by atoms with Crippen molar-refractivity contribution in [2.75, 3.05) is 33.7 Å². The molecule has 0 aromatic carbocycles. The highest BCUT2D eigenvalue weighted by molar-refractivity contribution is 5.11. The van der Waals surface area contributed by atoms with Crippen LogP contribution in [0.25, 0.3) is 0 Å². The van der Waals surface area contributed by atoms with Crippen molar-refractivity contribution in [3.05, 3.63) is 29.6 Å². The third-order valence-corrected chi connectivity index (χ3v) is 2.95. The van der Waals surface area contributed by atoms with Crippen molar-refractivity contribution in [3.63, 3.8) is 0 Å². The van der Waals surface area contributed by atoms with E-state index in [1.165, 1.54) is 0 Å². The zero-order valence-corrected chi connectivity index (χ0v) is 12.8. The minimum absolute atomic E-state index is 0.510. The fourth-order valence-corrected chi connectivity index (χ4v) is 2.05. The Balaban J connectivity index is 2.63. The van der Waals surface area contributed by atoms with E-state index < -0.39 is 0 Å². The lowest BCUT2D eigenvalue weighted by atomic mass is 10.2. The van der Waals surface area contributed by atoms with Gasteiger partial charge < -0.3 is 10.6 Å². The predicted octanol–water partition coefficient (Wildman–Crippen LogP) is 1.56. The van der Waals surface area contributed by atoms with Gasteiger partial charge in [0.2, 0.25) is 0 Å². The van der Waals surface area contributed by atoms with Crippen LogP contribution < -0.4 is 5.73 Å². The molecule has 0 unspecified atom stereocenters. The summed E-state index contributed by atoms with van der Waals surface area (Å²) in [7, 11) is 4.22. The molecule has 0 aliphatic rings. The molecule has 0 amide bonds. The van der Waals surface area contributed by atoms with Crippen LogP contribution >= 0.6 is 0 Å². The van der Waals surface area contributed by atoms with Crippen molar-refractivity contribution in [2.45, 2.75) is 26.9 Å². The Kier molecular flexibility index (Phi) is 6.99. The molecular formula is C15H28N4. The van der Waals surface area contributed by atoms with Crippen LogP contribution in [0.2, 0.25) is 0 Å². The summed E-state index contributed by atoms with van der Waals surface area (Å²) in [5, 5.41) is 0. The van der Waals surface area contributed by atoms with Gasteiger partial charge in [0.1, 0.15) is 0 Å². The Morgan fingerprint density at radius 1 is 1.16 bits per heavy atom. The maximum atomic E-state index is 5.65. The molecule has 108 valence electrons. The molecule has 19 heavy (non-hydrogen) atoms. The van der Waals surface area contributed by atoms with Gasteiger partial charge in [0, 0.05) is 32.7 Å². The van der Waals surface area contributed by atoms with E-state index in [1.54, 1.807) is 0 Å². The second-order valence-electron chi connectivity index (χ2n) is 5.76. The van der Waals surface area contributed by atoms with Gasteiger partial charge in [0.15, 0.2) is 0 Å². The first kappa shape index (κ1) is 16.1. The SMILES string of the molecule is CC(C)CN(CCN(C)C)Cc1cccc(CN)n1. The average Bonchev–Trinajstić information content (AvgIpc) is 2.35. The number of likely N-dealkylation sites (N-methyl/N-ethyl adjacent to an activating group) is 1. The normalized spacial score (nSPS) is 11.8. The van der Waals surface area contributed by atoms with E-state index in [0.717, 1.165) is 37.6 Å². The summed E-state index contributed by atoms with van der Waals surface area (Å²) in [6.07, 6.45) is 0. The zero-order chi connectivity index (χ0) is 14.3. The number of aromatic nitrogens is 1. The first-order chi connectivity index (χ1) is 9.01. The molecule has 0 aliphatic carbocycles. The van der Waals surface area contributed by atoms with Crippen LogP contribution in [-0.2, 0) is 13.1 Å². The molecule has 1 rings (SSSR count). The molecule has 1 aromatic heterocycles. The fourth-order valence-electron chi connectivity index (χ4n) is 2.05.